The highest BCUT2D eigenvalue weighted by Crippen LogP contribution is 2.27. The Hall–Kier alpha value is -1.17. The highest BCUT2D eigenvalue weighted by atomic mass is 79.9. The molecule has 0 saturated carbocycles. The fourth-order valence-electron chi connectivity index (χ4n) is 1.19. The van der Waals surface area contributed by atoms with Gasteiger partial charge in [0.15, 0.2) is 0 Å². The number of aromatic nitrogens is 2. The summed E-state index contributed by atoms with van der Waals surface area (Å²) >= 11 is 2.83. The van der Waals surface area contributed by atoms with Gasteiger partial charge < -0.3 is 9.64 Å². The number of hydrogen-bond donors (Lipinski definition) is 0. The molecule has 1 aromatic rings. The van der Waals surface area contributed by atoms with Crippen molar-refractivity contribution in [2.75, 3.05) is 13.0 Å². The molecule has 110 valence electrons. The van der Waals surface area contributed by atoms with Crippen LogP contribution in [0.1, 0.15) is 60.2 Å². The van der Waals surface area contributed by atoms with Crippen LogP contribution < -0.4 is 0 Å². The number of likely N-dealkylation sites (tertiary alicyclic amines) is 1. The minimum atomic E-state index is -3.67. The molecule has 0 aromatic carbocycles. The van der Waals surface area contributed by atoms with Gasteiger partial charge in [-0.2, -0.15) is 0 Å². The molecule has 20 heavy (non-hydrogen) atoms. The van der Waals surface area contributed by atoms with E-state index >= 15 is 0 Å². The highest BCUT2D eigenvalue weighted by molar-refractivity contribution is 9.10. The predicted octanol–water partition coefficient (Wildman–Crippen LogP) is 3.35. The van der Waals surface area contributed by atoms with E-state index in [1.54, 1.807) is 0 Å². The van der Waals surface area contributed by atoms with Gasteiger partial charge in [-0.15, -0.1) is 0 Å². The minimum absolute atomic E-state index is 0.330. The Morgan fingerprint density at radius 2 is 2.20 bits per heavy atom. The van der Waals surface area contributed by atoms with Crippen molar-refractivity contribution in [2.24, 2.45) is 0 Å². The molecule has 5 nitrogen and oxygen atoms in total. The lowest BCUT2D eigenvalue weighted by molar-refractivity contribution is 0.0204. The Bertz CT molecular complexity index is 892. The smallest absolute Gasteiger partial charge is 0.410 e. The molecular weight excluding hydrogens is 322 g/mol. The second-order valence-corrected chi connectivity index (χ2v) is 5.50. The maximum absolute atomic E-state index is 12.7. The standard InChI is InChI=1S/C14H20BrN3O2/c1-14(2,3)20-13(19)18-6-4-10(5-7-18)11-8-16-9-12(15)17-11/h8-10H,4-7H2,1-3H3/i4D2,5D2,6D2,7D2,8D,9D,10D. The number of nitrogens with zero attached hydrogens (tertiary/aromatic N) is 3. The molecule has 6 heteroatoms. The van der Waals surface area contributed by atoms with Crippen LogP contribution in [0.4, 0.5) is 4.79 Å². The third-order valence-corrected chi connectivity index (χ3v) is 2.27. The Morgan fingerprint density at radius 1 is 1.55 bits per heavy atom. The first kappa shape index (κ1) is 6.30. The lowest BCUT2D eigenvalue weighted by atomic mass is 9.94. The molecule has 0 radical (unpaired) electrons. The van der Waals surface area contributed by atoms with Crippen molar-refractivity contribution in [3.63, 3.8) is 0 Å². The fraction of sp³-hybridized carbons (Fsp3) is 0.643. The van der Waals surface area contributed by atoms with Gasteiger partial charge in [-0.25, -0.2) is 9.78 Å². The van der Waals surface area contributed by atoms with Crippen LogP contribution in [0.5, 0.6) is 0 Å². The number of halogens is 1. The van der Waals surface area contributed by atoms with E-state index in [1.807, 2.05) is 0 Å². The fourth-order valence-corrected chi connectivity index (χ4v) is 1.45. The first-order valence-corrected chi connectivity index (χ1v) is 6.41. The zero-order chi connectivity index (χ0) is 24.6. The summed E-state index contributed by atoms with van der Waals surface area (Å²) in [6.45, 7) is -3.06. The summed E-state index contributed by atoms with van der Waals surface area (Å²) in [6.07, 6.45) is -10.6. The van der Waals surface area contributed by atoms with E-state index in [4.69, 9.17) is 19.8 Å². The van der Waals surface area contributed by atoms with E-state index in [0.717, 1.165) is 0 Å². The molecule has 1 aliphatic heterocycles. The summed E-state index contributed by atoms with van der Waals surface area (Å²) in [7, 11) is 0. The number of carbonyl (C=O) groups excluding carboxylic acids is 1. The van der Waals surface area contributed by atoms with E-state index in [-0.39, 0.29) is 9.50 Å². The SMILES string of the molecule is [2H]c1nc([2H])c(C2([2H])C([2H])([2H])C([2H])([2H])N(C(=O)OC(C)(C)C)C([2H])([2H])C2([2H])[2H])nc1Br. The van der Waals surface area contributed by atoms with Crippen molar-refractivity contribution in [2.45, 2.75) is 45.0 Å². The Kier molecular flexibility index (Phi) is 1.91. The van der Waals surface area contributed by atoms with Crippen molar-refractivity contribution >= 4 is 22.0 Å². The summed E-state index contributed by atoms with van der Waals surface area (Å²) in [5.74, 6) is -3.51. The van der Waals surface area contributed by atoms with Crippen LogP contribution >= 0.6 is 15.9 Å². The average molecular weight is 353 g/mol. The van der Waals surface area contributed by atoms with Crippen molar-refractivity contribution in [3.05, 3.63) is 22.6 Å². The van der Waals surface area contributed by atoms with Crippen molar-refractivity contribution in [3.8, 4) is 0 Å². The van der Waals surface area contributed by atoms with Gasteiger partial charge in [-0.1, -0.05) is 0 Å². The van der Waals surface area contributed by atoms with E-state index in [0.29, 0.717) is 0 Å². The molecule has 0 N–H and O–H groups in total. The summed E-state index contributed by atoms with van der Waals surface area (Å²) in [5, 5.41) is 0. The molecule has 1 amide bonds. The van der Waals surface area contributed by atoms with Crippen molar-refractivity contribution < 1.29 is 24.6 Å². The third-order valence-electron chi connectivity index (χ3n) is 1.92. The quantitative estimate of drug-likeness (QED) is 0.777. The van der Waals surface area contributed by atoms with E-state index in [1.165, 1.54) is 20.8 Å². The Morgan fingerprint density at radius 3 is 2.80 bits per heavy atom. The van der Waals surface area contributed by atoms with Gasteiger partial charge in [-0.05, 0) is 49.4 Å². The number of rotatable bonds is 1. The van der Waals surface area contributed by atoms with Gasteiger partial charge in [0.05, 0.1) is 14.6 Å². The van der Waals surface area contributed by atoms with E-state index in [2.05, 4.69) is 25.9 Å². The Balaban J connectivity index is 2.89. The molecule has 0 unspecified atom stereocenters. The van der Waals surface area contributed by atoms with Gasteiger partial charge in [0.25, 0.3) is 0 Å². The first-order valence-electron chi connectivity index (χ1n) is 11.1. The molecule has 0 spiro atoms. The van der Waals surface area contributed by atoms with E-state index in [9.17, 15) is 4.79 Å². The van der Waals surface area contributed by atoms with Crippen LogP contribution in [-0.4, -0.2) is 39.6 Å². The number of piperidine rings is 1. The van der Waals surface area contributed by atoms with Crippen molar-refractivity contribution in [1.82, 2.24) is 14.9 Å². The first-order chi connectivity index (χ1) is 13.6. The molecule has 1 aromatic heterocycles. The maximum Gasteiger partial charge on any atom is 0.410 e. The highest BCUT2D eigenvalue weighted by Gasteiger charge is 2.28. The summed E-state index contributed by atoms with van der Waals surface area (Å²) in [4.78, 5) is 19.4. The van der Waals surface area contributed by atoms with Crippen LogP contribution in [0.25, 0.3) is 0 Å². The number of hydrogen-bond acceptors (Lipinski definition) is 4. The second kappa shape index (κ2) is 6.08. The van der Waals surface area contributed by atoms with Crippen molar-refractivity contribution in [1.29, 1.82) is 0 Å². The van der Waals surface area contributed by atoms with Gasteiger partial charge in [0.1, 0.15) is 10.2 Å². The summed E-state index contributed by atoms with van der Waals surface area (Å²) in [5.41, 5.74) is -2.28. The van der Waals surface area contributed by atoms with Gasteiger partial charge in [0, 0.05) is 37.4 Å². The van der Waals surface area contributed by atoms with Crippen LogP contribution in [-0.2, 0) is 4.74 Å². The lowest BCUT2D eigenvalue weighted by Gasteiger charge is -2.33. The van der Waals surface area contributed by atoms with Crippen LogP contribution in [0, 0.1) is 0 Å². The zero-order valence-corrected chi connectivity index (χ0v) is 12.6. The maximum atomic E-state index is 12.7. The van der Waals surface area contributed by atoms with Crippen LogP contribution in [0.15, 0.2) is 16.9 Å². The molecule has 2 heterocycles. The second-order valence-electron chi connectivity index (χ2n) is 4.75. The largest absolute Gasteiger partial charge is 0.444 e. The molecule has 1 aliphatic rings. The zero-order valence-electron chi connectivity index (χ0n) is 22.0. The number of ether oxygens (including phenoxy) is 1. The predicted molar refractivity (Wildman–Crippen MR) is 79.5 cm³/mol. The molecule has 0 bridgehead atoms. The molecular formula is C14H20BrN3O2. The van der Waals surface area contributed by atoms with Gasteiger partial charge >= 0.3 is 6.09 Å². The average Bonchev–Trinajstić information content (AvgIpc) is 2.53. The van der Waals surface area contributed by atoms with Crippen LogP contribution in [0.3, 0.4) is 0 Å². The van der Waals surface area contributed by atoms with Gasteiger partial charge in [-0.3, -0.25) is 4.98 Å². The third kappa shape index (κ3) is 4.16. The molecule has 0 atom stereocenters. The van der Waals surface area contributed by atoms with E-state index < -0.39 is 61.4 Å². The molecule has 0 aliphatic carbocycles. The normalized spacial score (nSPS) is 36.8. The summed E-state index contributed by atoms with van der Waals surface area (Å²) < 4.78 is 95.2. The number of carbonyl (C=O) groups is 1. The topological polar surface area (TPSA) is 55.3 Å². The summed E-state index contributed by atoms with van der Waals surface area (Å²) in [6, 6.07) is 0. The molecule has 1 saturated heterocycles. The molecule has 2 rings (SSSR count). The Labute approximate surface area is 143 Å². The van der Waals surface area contributed by atoms with Crippen LogP contribution in [0.2, 0.25) is 0 Å². The monoisotopic (exact) mass is 352 g/mol. The lowest BCUT2D eigenvalue weighted by Crippen LogP contribution is -2.41. The number of amides is 1. The molecule has 1 fully saturated rings. The van der Waals surface area contributed by atoms with Gasteiger partial charge in [0.2, 0.25) is 0 Å². The minimum Gasteiger partial charge on any atom is -0.444 e.